The highest BCUT2D eigenvalue weighted by Gasteiger charge is 2.34. The highest BCUT2D eigenvalue weighted by Crippen LogP contribution is 2.34. The minimum absolute atomic E-state index is 0.112. The number of methoxy groups -OCH3 is 1. The molecule has 3 aromatic heterocycles. The predicted molar refractivity (Wildman–Crippen MR) is 137 cm³/mol. The lowest BCUT2D eigenvalue weighted by Gasteiger charge is -2.36. The van der Waals surface area contributed by atoms with Crippen LogP contribution in [0.3, 0.4) is 0 Å². The van der Waals surface area contributed by atoms with E-state index in [0.717, 1.165) is 6.20 Å². The van der Waals surface area contributed by atoms with Gasteiger partial charge in [0.05, 0.1) is 30.5 Å². The molecule has 0 spiro atoms. The first-order valence-corrected chi connectivity index (χ1v) is 12.2. The molecule has 38 heavy (non-hydrogen) atoms. The molecule has 1 aliphatic rings. The van der Waals surface area contributed by atoms with E-state index in [0.29, 0.717) is 45.3 Å². The van der Waals surface area contributed by atoms with Crippen LogP contribution in [0.15, 0.2) is 48.9 Å². The second kappa shape index (κ2) is 10.5. The summed E-state index contributed by atoms with van der Waals surface area (Å²) in [6.07, 6.45) is 4.37. The number of hydrogen-bond acceptors (Lipinski definition) is 6. The first-order valence-electron chi connectivity index (χ1n) is 11.8. The number of ether oxygens (including phenoxy) is 1. The Balaban J connectivity index is 1.48. The van der Waals surface area contributed by atoms with Crippen LogP contribution < -0.4 is 5.32 Å². The third-order valence-corrected chi connectivity index (χ3v) is 6.87. The standard InChI is InChI=1S/C26H25ClF2N6O3/c1-33-25(22(29)9-31-33)32-24-7-20(21(27)8-30-24)17-6-23-26(37)35(19(14-38-2)12-34(23)10-17)11-16-5-18(28)4-3-15(16)13-36/h3-10,19,36H,11-14H2,1-2H3,(H,30,32)/t19-/m1/s1. The van der Waals surface area contributed by atoms with E-state index in [-0.39, 0.29) is 37.5 Å². The van der Waals surface area contributed by atoms with Gasteiger partial charge in [0.25, 0.3) is 5.91 Å². The van der Waals surface area contributed by atoms with E-state index in [9.17, 15) is 18.7 Å². The van der Waals surface area contributed by atoms with Crippen molar-refractivity contribution >= 4 is 29.1 Å². The van der Waals surface area contributed by atoms with Crippen LogP contribution in [0.1, 0.15) is 21.6 Å². The molecular formula is C26H25ClF2N6O3. The molecule has 1 atom stereocenters. The van der Waals surface area contributed by atoms with Crippen molar-refractivity contribution in [3.05, 3.63) is 82.4 Å². The van der Waals surface area contributed by atoms with Gasteiger partial charge in [-0.15, -0.1) is 0 Å². The molecule has 198 valence electrons. The van der Waals surface area contributed by atoms with Crippen LogP contribution in [0, 0.1) is 11.6 Å². The van der Waals surface area contributed by atoms with E-state index in [1.165, 1.54) is 29.1 Å². The summed E-state index contributed by atoms with van der Waals surface area (Å²) in [4.78, 5) is 19.5. The van der Waals surface area contributed by atoms with E-state index in [4.69, 9.17) is 16.3 Å². The lowest BCUT2D eigenvalue weighted by atomic mass is 10.0. The topological polar surface area (TPSA) is 97.4 Å². The molecule has 1 aromatic carbocycles. The number of rotatable bonds is 8. The van der Waals surface area contributed by atoms with Gasteiger partial charge >= 0.3 is 0 Å². The molecule has 0 bridgehead atoms. The Morgan fingerprint density at radius 1 is 1.21 bits per heavy atom. The summed E-state index contributed by atoms with van der Waals surface area (Å²) in [7, 11) is 3.15. The molecule has 0 aliphatic carbocycles. The molecule has 4 aromatic rings. The van der Waals surface area contributed by atoms with Gasteiger partial charge in [0, 0.05) is 50.8 Å². The molecule has 12 heteroatoms. The third-order valence-electron chi connectivity index (χ3n) is 6.57. The molecule has 0 unspecified atom stereocenters. The van der Waals surface area contributed by atoms with E-state index in [1.807, 2.05) is 10.8 Å². The fourth-order valence-corrected chi connectivity index (χ4v) is 4.86. The Morgan fingerprint density at radius 2 is 2.03 bits per heavy atom. The Hall–Kier alpha value is -3.80. The van der Waals surface area contributed by atoms with Gasteiger partial charge in [-0.3, -0.25) is 4.79 Å². The number of halogens is 3. The van der Waals surface area contributed by atoms with E-state index >= 15 is 0 Å². The maximum atomic E-state index is 14.1. The average molecular weight is 543 g/mol. The number of fused-ring (bicyclic) bond motifs is 1. The maximum Gasteiger partial charge on any atom is 0.271 e. The van der Waals surface area contributed by atoms with Crippen LogP contribution in [-0.4, -0.2) is 55.0 Å². The summed E-state index contributed by atoms with van der Waals surface area (Å²) < 4.78 is 36.6. The zero-order valence-electron chi connectivity index (χ0n) is 20.7. The first-order chi connectivity index (χ1) is 18.3. The van der Waals surface area contributed by atoms with E-state index < -0.39 is 11.6 Å². The summed E-state index contributed by atoms with van der Waals surface area (Å²) in [6.45, 7) is 0.545. The highest BCUT2D eigenvalue weighted by atomic mass is 35.5. The van der Waals surface area contributed by atoms with Crippen molar-refractivity contribution in [1.29, 1.82) is 0 Å². The number of carbonyl (C=O) groups excluding carboxylic acids is 1. The highest BCUT2D eigenvalue weighted by molar-refractivity contribution is 6.33. The number of aromatic nitrogens is 4. The van der Waals surface area contributed by atoms with Gasteiger partial charge in [0.2, 0.25) is 0 Å². The summed E-state index contributed by atoms with van der Waals surface area (Å²) in [5.41, 5.74) is 2.77. The number of nitrogens with zero attached hydrogens (tertiary/aromatic N) is 5. The second-order valence-corrected chi connectivity index (χ2v) is 9.43. The Labute approximate surface area is 222 Å². The number of amides is 1. The zero-order valence-corrected chi connectivity index (χ0v) is 21.4. The molecule has 0 saturated carbocycles. The van der Waals surface area contributed by atoms with Crippen molar-refractivity contribution in [2.24, 2.45) is 7.05 Å². The lowest BCUT2D eigenvalue weighted by Crippen LogP contribution is -2.49. The third kappa shape index (κ3) is 4.87. The molecule has 2 N–H and O–H groups in total. The summed E-state index contributed by atoms with van der Waals surface area (Å²) in [5, 5.41) is 16.9. The van der Waals surface area contributed by atoms with Crippen LogP contribution in [0.5, 0.6) is 0 Å². The quantitative estimate of drug-likeness (QED) is 0.348. The fourth-order valence-electron chi connectivity index (χ4n) is 4.64. The number of aryl methyl sites for hydroxylation is 1. The fraction of sp³-hybridized carbons (Fsp3) is 0.269. The molecule has 5 rings (SSSR count). The molecule has 1 amide bonds. The Morgan fingerprint density at radius 3 is 2.74 bits per heavy atom. The minimum atomic E-state index is -0.525. The van der Waals surface area contributed by atoms with Gasteiger partial charge in [-0.2, -0.15) is 5.10 Å². The van der Waals surface area contributed by atoms with Crippen LogP contribution in [0.4, 0.5) is 20.4 Å². The van der Waals surface area contributed by atoms with Gasteiger partial charge in [0.1, 0.15) is 17.3 Å². The average Bonchev–Trinajstić information content (AvgIpc) is 3.46. The maximum absolute atomic E-state index is 14.1. The summed E-state index contributed by atoms with van der Waals surface area (Å²) in [6, 6.07) is 7.20. The molecule has 1 aliphatic heterocycles. The first kappa shape index (κ1) is 25.8. The molecule has 9 nitrogen and oxygen atoms in total. The summed E-state index contributed by atoms with van der Waals surface area (Å²) in [5.74, 6) is -0.738. The summed E-state index contributed by atoms with van der Waals surface area (Å²) >= 11 is 6.47. The lowest BCUT2D eigenvalue weighted by molar-refractivity contribution is 0.0386. The van der Waals surface area contributed by atoms with Crippen molar-refractivity contribution in [3.63, 3.8) is 0 Å². The van der Waals surface area contributed by atoms with Gasteiger partial charge in [-0.05, 0) is 35.4 Å². The number of benzene rings is 1. The van der Waals surface area contributed by atoms with Crippen molar-refractivity contribution in [3.8, 4) is 11.1 Å². The predicted octanol–water partition coefficient (Wildman–Crippen LogP) is 4.12. The van der Waals surface area contributed by atoms with Crippen molar-refractivity contribution in [2.75, 3.05) is 19.0 Å². The van der Waals surface area contributed by atoms with Crippen molar-refractivity contribution < 1.29 is 23.4 Å². The van der Waals surface area contributed by atoms with Crippen LogP contribution in [0.2, 0.25) is 5.02 Å². The molecule has 0 fully saturated rings. The van der Waals surface area contributed by atoms with Crippen LogP contribution in [-0.2, 0) is 31.5 Å². The van der Waals surface area contributed by atoms with Crippen LogP contribution in [0.25, 0.3) is 11.1 Å². The van der Waals surface area contributed by atoms with Gasteiger partial charge in [-0.1, -0.05) is 17.7 Å². The normalized spacial score (nSPS) is 15.2. The Kier molecular flexibility index (Phi) is 7.15. The number of carbonyl (C=O) groups is 1. The number of anilines is 2. The van der Waals surface area contributed by atoms with Crippen molar-refractivity contribution in [1.82, 2.24) is 24.2 Å². The largest absolute Gasteiger partial charge is 0.392 e. The van der Waals surface area contributed by atoms with E-state index in [2.05, 4.69) is 15.4 Å². The van der Waals surface area contributed by atoms with Gasteiger partial charge in [0.15, 0.2) is 11.6 Å². The number of nitrogens with one attached hydrogen (secondary N) is 1. The molecule has 4 heterocycles. The van der Waals surface area contributed by atoms with Gasteiger partial charge in [-0.25, -0.2) is 18.4 Å². The zero-order chi connectivity index (χ0) is 27.0. The smallest absolute Gasteiger partial charge is 0.271 e. The number of hydrogen-bond donors (Lipinski definition) is 2. The molecule has 0 saturated heterocycles. The minimum Gasteiger partial charge on any atom is -0.392 e. The van der Waals surface area contributed by atoms with Crippen molar-refractivity contribution in [2.45, 2.75) is 25.7 Å². The molecular weight excluding hydrogens is 518 g/mol. The van der Waals surface area contributed by atoms with Crippen LogP contribution >= 0.6 is 11.6 Å². The monoisotopic (exact) mass is 542 g/mol. The number of aliphatic hydroxyl groups excluding tert-OH is 1. The van der Waals surface area contributed by atoms with E-state index in [1.54, 1.807) is 31.2 Å². The number of aliphatic hydroxyl groups is 1. The SMILES string of the molecule is COC[C@H]1Cn2cc(-c3cc(Nc4c(F)cnn4C)ncc3Cl)cc2C(=O)N1Cc1cc(F)ccc1CO. The van der Waals surface area contributed by atoms with Gasteiger partial charge < -0.3 is 24.6 Å². The molecule has 0 radical (unpaired) electrons. The Bertz CT molecular complexity index is 1480. The number of pyridine rings is 1. The second-order valence-electron chi connectivity index (χ2n) is 9.02.